The lowest BCUT2D eigenvalue weighted by Gasteiger charge is -2.32. The summed E-state index contributed by atoms with van der Waals surface area (Å²) in [4.78, 5) is 23.4. The Bertz CT molecular complexity index is 1030. The average Bonchev–Trinajstić information content (AvgIpc) is 2.73. The second kappa shape index (κ2) is 8.94. The van der Waals surface area contributed by atoms with Crippen LogP contribution in [0.3, 0.4) is 0 Å². The first kappa shape index (κ1) is 21.3. The van der Waals surface area contributed by atoms with Gasteiger partial charge in [0.2, 0.25) is 7.37 Å². The third kappa shape index (κ3) is 4.44. The molecule has 0 fully saturated rings. The lowest BCUT2D eigenvalue weighted by molar-refractivity contribution is -0.139. The zero-order valence-electron chi connectivity index (χ0n) is 16.7. The van der Waals surface area contributed by atoms with Crippen molar-refractivity contribution in [3.8, 4) is 0 Å². The highest BCUT2D eigenvalue weighted by molar-refractivity contribution is 7.59. The summed E-state index contributed by atoms with van der Waals surface area (Å²) in [6.07, 6.45) is 1.01. The van der Waals surface area contributed by atoms with Crippen LogP contribution < -0.4 is 0 Å². The van der Waals surface area contributed by atoms with Crippen molar-refractivity contribution in [2.45, 2.75) is 43.9 Å². The highest BCUT2D eigenvalue weighted by atomic mass is 31.2. The molecule has 4 unspecified atom stereocenters. The van der Waals surface area contributed by atoms with Crippen LogP contribution in [0, 0.1) is 0 Å². The van der Waals surface area contributed by atoms with Gasteiger partial charge >= 0.3 is 5.97 Å². The predicted molar refractivity (Wildman–Crippen MR) is 118 cm³/mol. The molecular weight excluding hydrogens is 383 g/mol. The van der Waals surface area contributed by atoms with Crippen LogP contribution in [-0.2, 0) is 9.36 Å². The van der Waals surface area contributed by atoms with Crippen molar-refractivity contribution in [2.24, 2.45) is 0 Å². The zero-order valence-corrected chi connectivity index (χ0v) is 17.6. The van der Waals surface area contributed by atoms with Crippen molar-refractivity contribution >= 4 is 24.1 Å². The summed E-state index contributed by atoms with van der Waals surface area (Å²) in [6, 6.07) is 22.4. The van der Waals surface area contributed by atoms with Crippen LogP contribution in [0.4, 0.5) is 0 Å². The van der Waals surface area contributed by atoms with Crippen molar-refractivity contribution < 1.29 is 19.4 Å². The van der Waals surface area contributed by atoms with E-state index in [0.29, 0.717) is 18.4 Å². The van der Waals surface area contributed by atoms with Gasteiger partial charge in [-0.2, -0.15) is 0 Å². The van der Waals surface area contributed by atoms with Crippen molar-refractivity contribution in [2.75, 3.05) is 0 Å². The Morgan fingerprint density at radius 1 is 0.931 bits per heavy atom. The summed E-state index contributed by atoms with van der Waals surface area (Å²) in [7, 11) is -3.87. The Balaban J connectivity index is 2.03. The normalized spacial score (nSPS) is 16.7. The van der Waals surface area contributed by atoms with E-state index in [1.54, 1.807) is 31.2 Å². The van der Waals surface area contributed by atoms with Gasteiger partial charge < -0.3 is 10.00 Å². The third-order valence-corrected chi connectivity index (χ3v) is 8.59. The molecule has 0 bridgehead atoms. The number of carboxylic acids is 1. The van der Waals surface area contributed by atoms with Crippen molar-refractivity contribution in [1.82, 2.24) is 0 Å². The SMILES string of the molecule is CCCC(C(C(=O)O)c1ccccc1)P(=O)(O)C(C)c1ccc2ccccc2c1. The fourth-order valence-electron chi connectivity index (χ4n) is 4.02. The van der Waals surface area contributed by atoms with Crippen molar-refractivity contribution in [1.29, 1.82) is 0 Å². The minimum atomic E-state index is -3.87. The average molecular weight is 410 g/mol. The highest BCUT2D eigenvalue weighted by Gasteiger charge is 2.44. The molecule has 0 saturated heterocycles. The molecule has 4 atom stereocenters. The van der Waals surface area contributed by atoms with Gasteiger partial charge in [0.1, 0.15) is 0 Å². The molecule has 4 nitrogen and oxygen atoms in total. The molecule has 3 rings (SSSR count). The fourth-order valence-corrected chi connectivity index (χ4v) is 6.54. The molecule has 0 saturated carbocycles. The Morgan fingerprint density at radius 2 is 1.55 bits per heavy atom. The van der Waals surface area contributed by atoms with Gasteiger partial charge in [-0.1, -0.05) is 86.1 Å². The van der Waals surface area contributed by atoms with E-state index in [1.807, 2.05) is 55.5 Å². The van der Waals surface area contributed by atoms with Gasteiger partial charge in [-0.25, -0.2) is 0 Å². The van der Waals surface area contributed by atoms with E-state index in [1.165, 1.54) is 0 Å². The molecule has 2 N–H and O–H groups in total. The van der Waals surface area contributed by atoms with Crippen molar-refractivity contribution in [3.63, 3.8) is 0 Å². The molecule has 0 amide bonds. The molecule has 152 valence electrons. The minimum absolute atomic E-state index is 0.373. The number of fused-ring (bicyclic) bond motifs is 1. The number of aliphatic carboxylic acids is 1. The van der Waals surface area contributed by atoms with E-state index in [4.69, 9.17) is 0 Å². The monoisotopic (exact) mass is 410 g/mol. The molecule has 5 heteroatoms. The van der Waals surface area contributed by atoms with Gasteiger partial charge in [0.15, 0.2) is 0 Å². The smallest absolute Gasteiger partial charge is 0.311 e. The van der Waals surface area contributed by atoms with E-state index in [-0.39, 0.29) is 0 Å². The Labute approximate surface area is 171 Å². The molecule has 0 spiro atoms. The van der Waals surface area contributed by atoms with Gasteiger partial charge in [-0.05, 0) is 35.2 Å². The number of carboxylic acid groups (broad SMARTS) is 1. The summed E-state index contributed by atoms with van der Waals surface area (Å²) in [6.45, 7) is 3.65. The van der Waals surface area contributed by atoms with Crippen LogP contribution in [0.1, 0.15) is 49.4 Å². The number of hydrogen-bond acceptors (Lipinski definition) is 2. The van der Waals surface area contributed by atoms with Crippen LogP contribution in [0.15, 0.2) is 72.8 Å². The van der Waals surface area contributed by atoms with Crippen LogP contribution in [0.25, 0.3) is 10.8 Å². The maximum Gasteiger partial charge on any atom is 0.311 e. The third-order valence-electron chi connectivity index (χ3n) is 5.68. The fraction of sp³-hybridized carbons (Fsp3) is 0.292. The number of carbonyl (C=O) groups is 1. The largest absolute Gasteiger partial charge is 0.481 e. The maximum atomic E-state index is 13.8. The van der Waals surface area contributed by atoms with Crippen LogP contribution in [0.5, 0.6) is 0 Å². The van der Waals surface area contributed by atoms with Gasteiger partial charge in [-0.3, -0.25) is 9.36 Å². The molecule has 0 aliphatic heterocycles. The van der Waals surface area contributed by atoms with Gasteiger partial charge in [0.25, 0.3) is 0 Å². The van der Waals surface area contributed by atoms with E-state index >= 15 is 0 Å². The molecule has 0 aromatic heterocycles. The number of benzene rings is 3. The molecule has 0 heterocycles. The van der Waals surface area contributed by atoms with Gasteiger partial charge in [0.05, 0.1) is 17.2 Å². The summed E-state index contributed by atoms with van der Waals surface area (Å²) < 4.78 is 13.8. The Hall–Kier alpha value is -2.42. The molecular formula is C24H27O4P. The maximum absolute atomic E-state index is 13.8. The van der Waals surface area contributed by atoms with Gasteiger partial charge in [-0.15, -0.1) is 0 Å². The first-order valence-electron chi connectivity index (χ1n) is 9.94. The zero-order chi connectivity index (χ0) is 21.0. The summed E-state index contributed by atoms with van der Waals surface area (Å²) in [5.41, 5.74) is -0.186. The summed E-state index contributed by atoms with van der Waals surface area (Å²) in [5, 5.41) is 12.0. The standard InChI is InChI=1S/C24H27O4P/c1-3-9-22(23(24(25)26)19-11-5-4-6-12-19)29(27,28)17(2)20-15-14-18-10-7-8-13-21(18)16-20/h4-8,10-17,22-23H,3,9H2,1-2H3,(H,25,26)(H,27,28). The quantitative estimate of drug-likeness (QED) is 0.433. The molecule has 3 aromatic rings. The molecule has 0 aliphatic carbocycles. The molecule has 0 aliphatic rings. The van der Waals surface area contributed by atoms with E-state index in [0.717, 1.165) is 16.3 Å². The van der Waals surface area contributed by atoms with E-state index in [2.05, 4.69) is 0 Å². The first-order valence-corrected chi connectivity index (χ1v) is 11.7. The van der Waals surface area contributed by atoms with Crippen LogP contribution in [0.2, 0.25) is 0 Å². The topological polar surface area (TPSA) is 74.6 Å². The second-order valence-corrected chi connectivity index (χ2v) is 10.3. The first-order chi connectivity index (χ1) is 13.9. The lowest BCUT2D eigenvalue weighted by Crippen LogP contribution is -2.28. The summed E-state index contributed by atoms with van der Waals surface area (Å²) in [5.74, 6) is -2.08. The minimum Gasteiger partial charge on any atom is -0.481 e. The van der Waals surface area contributed by atoms with Crippen LogP contribution in [-0.4, -0.2) is 21.6 Å². The van der Waals surface area contributed by atoms with E-state index in [9.17, 15) is 19.4 Å². The van der Waals surface area contributed by atoms with Gasteiger partial charge in [0, 0.05) is 0 Å². The Kier molecular flexibility index (Phi) is 6.56. The van der Waals surface area contributed by atoms with E-state index < -0.39 is 30.6 Å². The number of hydrogen-bond donors (Lipinski definition) is 2. The number of rotatable bonds is 8. The Morgan fingerprint density at radius 3 is 2.17 bits per heavy atom. The molecule has 0 radical (unpaired) electrons. The predicted octanol–water partition coefficient (Wildman–Crippen LogP) is 6.21. The van der Waals surface area contributed by atoms with Crippen LogP contribution >= 0.6 is 7.37 Å². The lowest BCUT2D eigenvalue weighted by atomic mass is 9.93. The molecule has 29 heavy (non-hydrogen) atoms. The highest BCUT2D eigenvalue weighted by Crippen LogP contribution is 2.63. The molecule has 3 aromatic carbocycles. The van der Waals surface area contributed by atoms with Crippen molar-refractivity contribution in [3.05, 3.63) is 83.9 Å². The second-order valence-electron chi connectivity index (χ2n) is 7.54. The summed E-state index contributed by atoms with van der Waals surface area (Å²) >= 11 is 0.